The largest absolute Gasteiger partial charge is 0.310 e. The highest BCUT2D eigenvalue weighted by Gasteiger charge is 2.46. The molecule has 1 aromatic heterocycles. The Labute approximate surface area is 399 Å². The highest BCUT2D eigenvalue weighted by atomic mass is 15.1. The van der Waals surface area contributed by atoms with Gasteiger partial charge in [-0.2, -0.15) is 0 Å². The molecule has 2 aliphatic rings. The molecular weight excluding hydrogens is 821 g/mol. The molecule has 2 nitrogen and oxygen atoms in total. The van der Waals surface area contributed by atoms with Crippen molar-refractivity contribution in [1.82, 2.24) is 4.57 Å². The molecule has 0 spiro atoms. The second-order valence-electron chi connectivity index (χ2n) is 19.4. The molecule has 324 valence electrons. The number of benzene rings is 10. The first-order valence-electron chi connectivity index (χ1n) is 23.9. The number of para-hydroxylation sites is 1. The summed E-state index contributed by atoms with van der Waals surface area (Å²) in [6, 6.07) is 86.2. The summed E-state index contributed by atoms with van der Waals surface area (Å²) < 4.78 is 2.45. The van der Waals surface area contributed by atoms with Crippen molar-refractivity contribution in [2.45, 2.75) is 38.5 Å². The number of hydrogen-bond donors (Lipinski definition) is 0. The van der Waals surface area contributed by atoms with E-state index in [-0.39, 0.29) is 5.41 Å². The first-order chi connectivity index (χ1) is 33.3. The first kappa shape index (κ1) is 40.1. The van der Waals surface area contributed by atoms with E-state index in [4.69, 9.17) is 0 Å². The molecule has 0 atom stereocenters. The van der Waals surface area contributed by atoms with Crippen LogP contribution >= 0.6 is 0 Å². The number of rotatable bonds is 7. The van der Waals surface area contributed by atoms with Crippen molar-refractivity contribution in [3.8, 4) is 39.1 Å². The summed E-state index contributed by atoms with van der Waals surface area (Å²) in [5, 5.41) is 2.49. The van der Waals surface area contributed by atoms with Crippen LogP contribution in [0.4, 0.5) is 17.1 Å². The van der Waals surface area contributed by atoms with Crippen molar-refractivity contribution < 1.29 is 0 Å². The average molecular weight is 871 g/mol. The maximum Gasteiger partial charge on any atom is 0.0713 e. The molecular formula is C66H50N2. The van der Waals surface area contributed by atoms with Gasteiger partial charge in [0, 0.05) is 38.9 Å². The topological polar surface area (TPSA) is 8.17 Å². The van der Waals surface area contributed by atoms with E-state index >= 15 is 0 Å². The van der Waals surface area contributed by atoms with Gasteiger partial charge >= 0.3 is 0 Å². The minimum absolute atomic E-state index is 0.158. The maximum absolute atomic E-state index is 2.50. The molecule has 1 heterocycles. The number of nitrogens with zero attached hydrogens (tertiary/aromatic N) is 2. The smallest absolute Gasteiger partial charge is 0.0713 e. The van der Waals surface area contributed by atoms with Crippen molar-refractivity contribution in [1.29, 1.82) is 0 Å². The Kier molecular flexibility index (Phi) is 8.95. The van der Waals surface area contributed by atoms with Crippen LogP contribution in [0.5, 0.6) is 0 Å². The van der Waals surface area contributed by atoms with E-state index in [9.17, 15) is 0 Å². The molecule has 2 aliphatic carbocycles. The minimum Gasteiger partial charge on any atom is -0.310 e. The van der Waals surface area contributed by atoms with Crippen LogP contribution in [-0.4, -0.2) is 4.57 Å². The Morgan fingerprint density at radius 1 is 0.353 bits per heavy atom. The standard InChI is InChI=1S/C66H50N2/c1-43-37-56-57-41-51(33-35-60(57)66(62(56)38-44(43)2,47-21-10-6-11-22-47)48-23-12-7-13-24-48)67(52-32-34-54-53-27-14-16-29-59(53)65(3,4)61(54)42-52)49-25-18-26-50(40-49)68-63-30-17-15-28-55(63)58-39-46(31-36-64(58)68)45-19-8-5-9-20-45/h5-42H,1-4H3. The van der Waals surface area contributed by atoms with Gasteiger partial charge in [-0.3, -0.25) is 0 Å². The van der Waals surface area contributed by atoms with Crippen LogP contribution in [-0.2, 0) is 10.8 Å². The number of fused-ring (bicyclic) bond motifs is 9. The lowest BCUT2D eigenvalue weighted by atomic mass is 9.67. The van der Waals surface area contributed by atoms with Crippen LogP contribution in [0.15, 0.2) is 231 Å². The minimum atomic E-state index is -0.491. The zero-order valence-corrected chi connectivity index (χ0v) is 38.8. The normalized spacial score (nSPS) is 13.8. The molecule has 68 heavy (non-hydrogen) atoms. The van der Waals surface area contributed by atoms with Crippen LogP contribution in [0.1, 0.15) is 58.4 Å². The van der Waals surface area contributed by atoms with Crippen LogP contribution in [0.3, 0.4) is 0 Å². The highest BCUT2D eigenvalue weighted by molar-refractivity contribution is 6.10. The van der Waals surface area contributed by atoms with Crippen LogP contribution in [0, 0.1) is 13.8 Å². The lowest BCUT2D eigenvalue weighted by Gasteiger charge is -2.34. The first-order valence-corrected chi connectivity index (χ1v) is 23.9. The molecule has 11 aromatic rings. The molecule has 13 rings (SSSR count). The molecule has 0 bridgehead atoms. The summed E-state index contributed by atoms with van der Waals surface area (Å²) in [5.41, 5.74) is 24.3. The fraction of sp³-hybridized carbons (Fsp3) is 0.0909. The SMILES string of the molecule is Cc1cc2c(cc1C)C(c1ccccc1)(c1ccccc1)c1ccc(N(c3cccc(-n4c5ccccc5c5cc(-c6ccccc6)ccc54)c3)c3ccc4c(c3)C(C)(C)c3ccccc3-4)cc1-2. The molecule has 0 saturated carbocycles. The lowest BCUT2D eigenvalue weighted by molar-refractivity contribution is 0.660. The summed E-state index contributed by atoms with van der Waals surface area (Å²) in [6.45, 7) is 9.26. The summed E-state index contributed by atoms with van der Waals surface area (Å²) in [7, 11) is 0. The van der Waals surface area contributed by atoms with Gasteiger partial charge in [-0.25, -0.2) is 0 Å². The average Bonchev–Trinajstić information content (AvgIpc) is 3.95. The molecule has 0 unspecified atom stereocenters. The molecule has 0 fully saturated rings. The van der Waals surface area contributed by atoms with Crippen LogP contribution in [0.2, 0.25) is 0 Å². The number of hydrogen-bond acceptors (Lipinski definition) is 1. The van der Waals surface area contributed by atoms with Gasteiger partial charge in [0.2, 0.25) is 0 Å². The second-order valence-corrected chi connectivity index (χ2v) is 19.4. The lowest BCUT2D eigenvalue weighted by Crippen LogP contribution is -2.28. The predicted molar refractivity (Wildman–Crippen MR) is 285 cm³/mol. The molecule has 10 aromatic carbocycles. The van der Waals surface area contributed by atoms with E-state index in [0.29, 0.717) is 0 Å². The zero-order chi connectivity index (χ0) is 45.7. The van der Waals surface area contributed by atoms with E-state index in [0.717, 1.165) is 22.7 Å². The van der Waals surface area contributed by atoms with Crippen LogP contribution < -0.4 is 4.90 Å². The summed E-state index contributed by atoms with van der Waals surface area (Å²) in [6.07, 6.45) is 0. The predicted octanol–water partition coefficient (Wildman–Crippen LogP) is 17.2. The summed E-state index contributed by atoms with van der Waals surface area (Å²) in [4.78, 5) is 2.50. The molecule has 0 aliphatic heterocycles. The monoisotopic (exact) mass is 870 g/mol. The van der Waals surface area contributed by atoms with Crippen molar-refractivity contribution in [3.63, 3.8) is 0 Å². The van der Waals surface area contributed by atoms with E-state index < -0.39 is 5.41 Å². The van der Waals surface area contributed by atoms with Gasteiger partial charge < -0.3 is 9.47 Å². The van der Waals surface area contributed by atoms with Gasteiger partial charge in [0.25, 0.3) is 0 Å². The third kappa shape index (κ3) is 5.83. The van der Waals surface area contributed by atoms with Gasteiger partial charge in [0.1, 0.15) is 0 Å². The third-order valence-corrected chi connectivity index (χ3v) is 15.4. The fourth-order valence-electron chi connectivity index (χ4n) is 12.0. The number of aryl methyl sites for hydroxylation is 2. The van der Waals surface area contributed by atoms with Gasteiger partial charge in [0.05, 0.1) is 16.4 Å². The molecule has 0 radical (unpaired) electrons. The van der Waals surface area contributed by atoms with Gasteiger partial charge in [-0.1, -0.05) is 184 Å². The van der Waals surface area contributed by atoms with Crippen molar-refractivity contribution >= 4 is 38.9 Å². The molecule has 0 saturated heterocycles. The Bertz CT molecular complexity index is 3740. The fourth-order valence-corrected chi connectivity index (χ4v) is 12.0. The Morgan fingerprint density at radius 2 is 0.956 bits per heavy atom. The van der Waals surface area contributed by atoms with E-state index in [1.807, 2.05) is 0 Å². The summed E-state index contributed by atoms with van der Waals surface area (Å²) in [5.74, 6) is 0. The maximum atomic E-state index is 2.50. The Balaban J connectivity index is 1.05. The highest BCUT2D eigenvalue weighted by Crippen LogP contribution is 2.58. The van der Waals surface area contributed by atoms with E-state index in [2.05, 4.69) is 268 Å². The number of aromatic nitrogens is 1. The van der Waals surface area contributed by atoms with Crippen molar-refractivity contribution in [2.75, 3.05) is 4.90 Å². The molecule has 2 heteroatoms. The Morgan fingerprint density at radius 3 is 1.74 bits per heavy atom. The van der Waals surface area contributed by atoms with Crippen molar-refractivity contribution in [2.24, 2.45) is 0 Å². The third-order valence-electron chi connectivity index (χ3n) is 15.4. The number of anilines is 3. The van der Waals surface area contributed by atoms with E-state index in [1.165, 1.54) is 99.7 Å². The Hall–Kier alpha value is -8.20. The van der Waals surface area contributed by atoms with E-state index in [1.54, 1.807) is 0 Å². The zero-order valence-electron chi connectivity index (χ0n) is 38.8. The molecule has 0 amide bonds. The summed E-state index contributed by atoms with van der Waals surface area (Å²) >= 11 is 0. The van der Waals surface area contributed by atoms with Gasteiger partial charge in [0.15, 0.2) is 0 Å². The van der Waals surface area contributed by atoms with Crippen LogP contribution in [0.25, 0.3) is 60.9 Å². The van der Waals surface area contributed by atoms with Gasteiger partial charge in [-0.15, -0.1) is 0 Å². The van der Waals surface area contributed by atoms with Crippen molar-refractivity contribution in [3.05, 3.63) is 275 Å². The van der Waals surface area contributed by atoms with Gasteiger partial charge in [-0.05, 0) is 152 Å². The second kappa shape index (κ2) is 15.2. The quantitative estimate of drug-likeness (QED) is 0.155. The molecule has 0 N–H and O–H groups in total.